The van der Waals surface area contributed by atoms with Crippen molar-refractivity contribution in [1.29, 1.82) is 0 Å². The smallest absolute Gasteiger partial charge is 0.328 e. The van der Waals surface area contributed by atoms with Gasteiger partial charge < -0.3 is 10.4 Å². The van der Waals surface area contributed by atoms with E-state index in [9.17, 15) is 9.59 Å². The van der Waals surface area contributed by atoms with Crippen LogP contribution in [0.5, 0.6) is 0 Å². The summed E-state index contributed by atoms with van der Waals surface area (Å²) >= 11 is 5.77. The number of hydrogen-bond donors (Lipinski definition) is 2. The van der Waals surface area contributed by atoms with Crippen LogP contribution in [0, 0.1) is 0 Å². The van der Waals surface area contributed by atoms with Gasteiger partial charge in [-0.3, -0.25) is 4.79 Å². The van der Waals surface area contributed by atoms with E-state index in [1.807, 2.05) is 0 Å². The molecule has 0 bridgehead atoms. The summed E-state index contributed by atoms with van der Waals surface area (Å²) in [5.41, 5.74) is 1.87. The lowest BCUT2D eigenvalue weighted by Gasteiger charge is -2.05. The first-order chi connectivity index (χ1) is 10.0. The zero-order chi connectivity index (χ0) is 15.2. The second-order valence-electron chi connectivity index (χ2n) is 4.25. The normalized spacial score (nSPS) is 10.5. The quantitative estimate of drug-likeness (QED) is 0.846. The van der Waals surface area contributed by atoms with E-state index in [0.29, 0.717) is 16.3 Å². The minimum Gasteiger partial charge on any atom is -0.478 e. The summed E-state index contributed by atoms with van der Waals surface area (Å²) in [6.07, 6.45) is 2.54. The van der Waals surface area contributed by atoms with Gasteiger partial charge in [0.1, 0.15) is 0 Å². The number of aliphatic carboxylic acids is 1. The van der Waals surface area contributed by atoms with Crippen molar-refractivity contribution in [2.45, 2.75) is 0 Å². The van der Waals surface area contributed by atoms with Crippen molar-refractivity contribution in [3.8, 4) is 0 Å². The highest BCUT2D eigenvalue weighted by molar-refractivity contribution is 6.30. The van der Waals surface area contributed by atoms with Crippen molar-refractivity contribution in [1.82, 2.24) is 0 Å². The van der Waals surface area contributed by atoms with Gasteiger partial charge in [-0.05, 0) is 48.0 Å². The molecule has 0 atom stereocenters. The lowest BCUT2D eigenvalue weighted by molar-refractivity contribution is -0.131. The van der Waals surface area contributed by atoms with Gasteiger partial charge in [0.15, 0.2) is 0 Å². The van der Waals surface area contributed by atoms with Gasteiger partial charge in [-0.25, -0.2) is 4.79 Å². The van der Waals surface area contributed by atoms with E-state index in [1.54, 1.807) is 48.5 Å². The van der Waals surface area contributed by atoms with Gasteiger partial charge in [-0.1, -0.05) is 23.7 Å². The molecular weight excluding hydrogens is 290 g/mol. The van der Waals surface area contributed by atoms with Crippen molar-refractivity contribution >= 4 is 35.2 Å². The number of carbonyl (C=O) groups excluding carboxylic acids is 1. The number of hydrogen-bond acceptors (Lipinski definition) is 2. The van der Waals surface area contributed by atoms with E-state index in [4.69, 9.17) is 16.7 Å². The summed E-state index contributed by atoms with van der Waals surface area (Å²) in [7, 11) is 0. The third-order valence-electron chi connectivity index (χ3n) is 2.69. The lowest BCUT2D eigenvalue weighted by atomic mass is 10.1. The highest BCUT2D eigenvalue weighted by Crippen LogP contribution is 2.14. The van der Waals surface area contributed by atoms with E-state index < -0.39 is 5.97 Å². The molecular formula is C16H12ClNO3. The van der Waals surface area contributed by atoms with Crippen LogP contribution >= 0.6 is 11.6 Å². The van der Waals surface area contributed by atoms with Crippen LogP contribution in [0.2, 0.25) is 5.02 Å². The summed E-state index contributed by atoms with van der Waals surface area (Å²) in [5, 5.41) is 11.9. The fourth-order valence-corrected chi connectivity index (χ4v) is 1.78. The molecule has 21 heavy (non-hydrogen) atoms. The Kier molecular flexibility index (Phi) is 4.74. The largest absolute Gasteiger partial charge is 0.478 e. The molecule has 2 aromatic rings. The molecule has 106 valence electrons. The van der Waals surface area contributed by atoms with E-state index >= 15 is 0 Å². The maximum atomic E-state index is 12.0. The van der Waals surface area contributed by atoms with E-state index in [-0.39, 0.29) is 5.91 Å². The van der Waals surface area contributed by atoms with E-state index in [2.05, 4.69) is 5.32 Å². The number of halogens is 1. The molecule has 0 aromatic heterocycles. The minimum atomic E-state index is -1.00. The van der Waals surface area contributed by atoms with Crippen LogP contribution in [0.15, 0.2) is 54.6 Å². The molecule has 0 heterocycles. The van der Waals surface area contributed by atoms with Crippen molar-refractivity contribution in [3.63, 3.8) is 0 Å². The number of benzene rings is 2. The molecule has 0 aliphatic rings. The summed E-state index contributed by atoms with van der Waals surface area (Å²) in [6.45, 7) is 0. The minimum absolute atomic E-state index is 0.236. The Bertz CT molecular complexity index is 676. The van der Waals surface area contributed by atoms with Gasteiger partial charge in [-0.2, -0.15) is 0 Å². The van der Waals surface area contributed by atoms with Gasteiger partial charge in [0.05, 0.1) is 0 Å². The second-order valence-corrected chi connectivity index (χ2v) is 4.69. The Labute approximate surface area is 126 Å². The second kappa shape index (κ2) is 6.72. The predicted molar refractivity (Wildman–Crippen MR) is 82.5 cm³/mol. The first-order valence-corrected chi connectivity index (χ1v) is 6.50. The molecule has 0 radical (unpaired) electrons. The first-order valence-electron chi connectivity index (χ1n) is 6.12. The number of rotatable bonds is 4. The summed E-state index contributed by atoms with van der Waals surface area (Å²) < 4.78 is 0. The third kappa shape index (κ3) is 4.47. The highest BCUT2D eigenvalue weighted by atomic mass is 35.5. The van der Waals surface area contributed by atoms with Crippen LogP contribution in [0.4, 0.5) is 5.69 Å². The SMILES string of the molecule is O=C(O)/C=C/c1ccc(NC(=O)c2ccc(Cl)cc2)cc1. The monoisotopic (exact) mass is 301 g/mol. The topological polar surface area (TPSA) is 66.4 Å². The number of carbonyl (C=O) groups is 2. The lowest BCUT2D eigenvalue weighted by Crippen LogP contribution is -2.11. The average Bonchev–Trinajstić information content (AvgIpc) is 2.47. The first kappa shape index (κ1) is 14.8. The van der Waals surface area contributed by atoms with Crippen LogP contribution in [-0.2, 0) is 4.79 Å². The van der Waals surface area contributed by atoms with Crippen molar-refractivity contribution in [2.24, 2.45) is 0 Å². The standard InChI is InChI=1S/C16H12ClNO3/c17-13-6-4-12(5-7-13)16(21)18-14-8-1-11(2-9-14)3-10-15(19)20/h1-10H,(H,18,21)(H,19,20)/b10-3+. The van der Waals surface area contributed by atoms with Gasteiger partial charge in [-0.15, -0.1) is 0 Å². The molecule has 0 saturated heterocycles. The Morgan fingerprint density at radius 2 is 1.62 bits per heavy atom. The molecule has 0 saturated carbocycles. The molecule has 5 heteroatoms. The molecule has 4 nitrogen and oxygen atoms in total. The molecule has 2 N–H and O–H groups in total. The third-order valence-corrected chi connectivity index (χ3v) is 2.95. The number of amides is 1. The van der Waals surface area contributed by atoms with E-state index in [1.165, 1.54) is 6.08 Å². The van der Waals surface area contributed by atoms with E-state index in [0.717, 1.165) is 11.6 Å². The van der Waals surface area contributed by atoms with Crippen molar-refractivity contribution < 1.29 is 14.7 Å². The maximum Gasteiger partial charge on any atom is 0.328 e. The molecule has 0 spiro atoms. The molecule has 0 aliphatic heterocycles. The maximum absolute atomic E-state index is 12.0. The molecule has 0 aliphatic carbocycles. The summed E-state index contributed by atoms with van der Waals surface area (Å²) in [5.74, 6) is -1.24. The predicted octanol–water partition coefficient (Wildman–Crippen LogP) is 3.69. The number of carboxylic acid groups (broad SMARTS) is 1. The number of anilines is 1. The zero-order valence-corrected chi connectivity index (χ0v) is 11.7. The van der Waals surface area contributed by atoms with Gasteiger partial charge >= 0.3 is 5.97 Å². The average molecular weight is 302 g/mol. The Balaban J connectivity index is 2.04. The molecule has 0 unspecified atom stereocenters. The van der Waals surface area contributed by atoms with Crippen LogP contribution in [0.25, 0.3) is 6.08 Å². The van der Waals surface area contributed by atoms with Gasteiger partial charge in [0.2, 0.25) is 0 Å². The van der Waals surface area contributed by atoms with Crippen LogP contribution < -0.4 is 5.32 Å². The fourth-order valence-electron chi connectivity index (χ4n) is 1.65. The molecule has 2 aromatic carbocycles. The Morgan fingerprint density at radius 3 is 2.19 bits per heavy atom. The zero-order valence-electron chi connectivity index (χ0n) is 10.9. The van der Waals surface area contributed by atoms with Gasteiger partial charge in [0, 0.05) is 22.3 Å². The highest BCUT2D eigenvalue weighted by Gasteiger charge is 2.05. The van der Waals surface area contributed by atoms with Crippen LogP contribution in [0.1, 0.15) is 15.9 Å². The van der Waals surface area contributed by atoms with Crippen LogP contribution in [-0.4, -0.2) is 17.0 Å². The molecule has 0 fully saturated rings. The Morgan fingerprint density at radius 1 is 1.00 bits per heavy atom. The van der Waals surface area contributed by atoms with Gasteiger partial charge in [0.25, 0.3) is 5.91 Å². The molecule has 2 rings (SSSR count). The molecule has 1 amide bonds. The Hall–Kier alpha value is -2.59. The van der Waals surface area contributed by atoms with Crippen molar-refractivity contribution in [2.75, 3.05) is 5.32 Å². The van der Waals surface area contributed by atoms with Crippen molar-refractivity contribution in [3.05, 3.63) is 70.8 Å². The van der Waals surface area contributed by atoms with Crippen LogP contribution in [0.3, 0.4) is 0 Å². The summed E-state index contributed by atoms with van der Waals surface area (Å²) in [6, 6.07) is 13.4. The fraction of sp³-hybridized carbons (Fsp3) is 0. The number of carboxylic acids is 1. The summed E-state index contributed by atoms with van der Waals surface area (Å²) in [4.78, 5) is 22.4. The number of nitrogens with one attached hydrogen (secondary N) is 1.